The van der Waals surface area contributed by atoms with E-state index in [0.29, 0.717) is 12.8 Å². The van der Waals surface area contributed by atoms with Crippen LogP contribution in [0.5, 0.6) is 0 Å². The van der Waals surface area contributed by atoms with Crippen LogP contribution in [-0.2, 0) is 4.79 Å². The van der Waals surface area contributed by atoms with Crippen molar-refractivity contribution in [3.63, 3.8) is 0 Å². The van der Waals surface area contributed by atoms with Crippen LogP contribution >= 0.6 is 0 Å². The van der Waals surface area contributed by atoms with Crippen molar-refractivity contribution in [2.45, 2.75) is 62.7 Å². The molecule has 2 fully saturated rings. The van der Waals surface area contributed by atoms with Crippen molar-refractivity contribution in [3.05, 3.63) is 35.4 Å². The molecule has 1 aliphatic heterocycles. The van der Waals surface area contributed by atoms with Crippen LogP contribution in [0, 0.1) is 11.6 Å². The van der Waals surface area contributed by atoms with E-state index in [0.717, 1.165) is 37.5 Å². The highest BCUT2D eigenvalue weighted by atomic mass is 19.1. The van der Waals surface area contributed by atoms with Crippen LogP contribution in [0.25, 0.3) is 0 Å². The van der Waals surface area contributed by atoms with Gasteiger partial charge in [-0.2, -0.15) is 0 Å². The molecular weight excluding hydrogens is 316 g/mol. The molecule has 6 heteroatoms. The standard InChI is InChI=1S/C18H23F2NO3/c19-12-4-5-15(20)14(8-12)16-9-13(22)11-21(16)17(23)10-18(24)6-2-1-3-7-18/h4-5,8,13,16,22,24H,1-3,6-7,9-11H2. The summed E-state index contributed by atoms with van der Waals surface area (Å²) in [5.74, 6) is -1.49. The van der Waals surface area contributed by atoms with Crippen LogP contribution < -0.4 is 0 Å². The van der Waals surface area contributed by atoms with Gasteiger partial charge in [-0.25, -0.2) is 8.78 Å². The Balaban J connectivity index is 1.79. The molecule has 1 amide bonds. The van der Waals surface area contributed by atoms with E-state index in [1.807, 2.05) is 0 Å². The summed E-state index contributed by atoms with van der Waals surface area (Å²) in [4.78, 5) is 14.1. The lowest BCUT2D eigenvalue weighted by atomic mass is 9.82. The van der Waals surface area contributed by atoms with E-state index in [1.54, 1.807) is 0 Å². The summed E-state index contributed by atoms with van der Waals surface area (Å²) in [6.45, 7) is 0.0789. The molecule has 4 nitrogen and oxygen atoms in total. The number of rotatable bonds is 3. The highest BCUT2D eigenvalue weighted by Gasteiger charge is 2.40. The number of β-amino-alcohol motifs (C(OH)–C–C–N with tert-alkyl or cyclic N) is 1. The molecule has 2 aliphatic rings. The maximum Gasteiger partial charge on any atom is 0.226 e. The summed E-state index contributed by atoms with van der Waals surface area (Å²) in [6.07, 6.45) is 3.33. The van der Waals surface area contributed by atoms with Crippen LogP contribution in [0.2, 0.25) is 0 Å². The number of likely N-dealkylation sites (tertiary alicyclic amines) is 1. The third-order valence-electron chi connectivity index (χ3n) is 5.18. The Hall–Kier alpha value is -1.53. The zero-order chi connectivity index (χ0) is 17.3. The van der Waals surface area contributed by atoms with Gasteiger partial charge in [-0.1, -0.05) is 19.3 Å². The summed E-state index contributed by atoms with van der Waals surface area (Å²) >= 11 is 0. The maximum atomic E-state index is 14.1. The molecule has 1 heterocycles. The van der Waals surface area contributed by atoms with Gasteiger partial charge in [0.2, 0.25) is 5.91 Å². The second-order valence-electron chi connectivity index (χ2n) is 7.08. The summed E-state index contributed by atoms with van der Waals surface area (Å²) in [7, 11) is 0. The van der Waals surface area contributed by atoms with Crippen molar-refractivity contribution >= 4 is 5.91 Å². The van der Waals surface area contributed by atoms with Gasteiger partial charge in [0.1, 0.15) is 11.6 Å². The van der Waals surface area contributed by atoms with E-state index in [2.05, 4.69) is 0 Å². The monoisotopic (exact) mass is 339 g/mol. The number of benzene rings is 1. The molecule has 0 spiro atoms. The Bertz CT molecular complexity index is 616. The highest BCUT2D eigenvalue weighted by Crippen LogP contribution is 2.37. The molecule has 1 aliphatic carbocycles. The molecule has 24 heavy (non-hydrogen) atoms. The van der Waals surface area contributed by atoms with Crippen molar-refractivity contribution in [2.24, 2.45) is 0 Å². The molecular formula is C18H23F2NO3. The Labute approximate surface area is 140 Å². The maximum absolute atomic E-state index is 14.1. The molecule has 132 valence electrons. The second-order valence-corrected chi connectivity index (χ2v) is 7.08. The molecule has 2 atom stereocenters. The third-order valence-corrected chi connectivity index (χ3v) is 5.18. The predicted molar refractivity (Wildman–Crippen MR) is 84.1 cm³/mol. The molecule has 1 aromatic carbocycles. The first kappa shape index (κ1) is 17.3. The van der Waals surface area contributed by atoms with Crippen molar-refractivity contribution in [3.8, 4) is 0 Å². The number of aliphatic hydroxyl groups excluding tert-OH is 1. The molecule has 0 aromatic heterocycles. The fourth-order valence-electron chi connectivity index (χ4n) is 3.92. The fourth-order valence-corrected chi connectivity index (χ4v) is 3.92. The number of halogens is 2. The Kier molecular flexibility index (Phi) is 4.88. The number of nitrogens with zero attached hydrogens (tertiary/aromatic N) is 1. The minimum Gasteiger partial charge on any atom is -0.391 e. The lowest BCUT2D eigenvalue weighted by molar-refractivity contribution is -0.139. The van der Waals surface area contributed by atoms with Gasteiger partial charge in [0.05, 0.1) is 24.2 Å². The summed E-state index contributed by atoms with van der Waals surface area (Å²) in [6, 6.07) is 2.44. The van der Waals surface area contributed by atoms with Crippen LogP contribution in [0.1, 0.15) is 56.6 Å². The molecule has 0 bridgehead atoms. The van der Waals surface area contributed by atoms with E-state index in [1.165, 1.54) is 4.90 Å². The number of amides is 1. The number of hydrogen-bond acceptors (Lipinski definition) is 3. The number of carbonyl (C=O) groups is 1. The fraction of sp³-hybridized carbons (Fsp3) is 0.611. The molecule has 2 unspecified atom stereocenters. The number of carbonyl (C=O) groups excluding carboxylic acids is 1. The quantitative estimate of drug-likeness (QED) is 0.890. The smallest absolute Gasteiger partial charge is 0.226 e. The molecule has 2 N–H and O–H groups in total. The van der Waals surface area contributed by atoms with Crippen molar-refractivity contribution < 1.29 is 23.8 Å². The summed E-state index contributed by atoms with van der Waals surface area (Å²) < 4.78 is 27.6. The van der Waals surface area contributed by atoms with Gasteiger partial charge < -0.3 is 15.1 Å². The highest BCUT2D eigenvalue weighted by molar-refractivity contribution is 5.78. The van der Waals surface area contributed by atoms with Crippen LogP contribution in [0.3, 0.4) is 0 Å². The van der Waals surface area contributed by atoms with E-state index in [-0.39, 0.29) is 30.9 Å². The zero-order valence-corrected chi connectivity index (χ0v) is 13.5. The summed E-state index contributed by atoms with van der Waals surface area (Å²) in [5, 5.41) is 20.5. The van der Waals surface area contributed by atoms with Crippen LogP contribution in [0.15, 0.2) is 18.2 Å². The first-order chi connectivity index (χ1) is 11.4. The van der Waals surface area contributed by atoms with Gasteiger partial charge in [0, 0.05) is 12.1 Å². The predicted octanol–water partition coefficient (Wildman–Crippen LogP) is 2.68. The molecule has 1 saturated carbocycles. The average molecular weight is 339 g/mol. The third kappa shape index (κ3) is 3.59. The Morgan fingerprint density at radius 1 is 1.25 bits per heavy atom. The van der Waals surface area contributed by atoms with Gasteiger partial charge in [0.25, 0.3) is 0 Å². The van der Waals surface area contributed by atoms with Crippen molar-refractivity contribution in [1.82, 2.24) is 4.90 Å². The summed E-state index contributed by atoms with van der Waals surface area (Å²) in [5.41, 5.74) is -0.941. The minimum absolute atomic E-state index is 0.0346. The molecule has 1 saturated heterocycles. The Morgan fingerprint density at radius 3 is 2.67 bits per heavy atom. The van der Waals surface area contributed by atoms with Gasteiger partial charge in [-0.3, -0.25) is 4.79 Å². The molecule has 0 radical (unpaired) electrons. The van der Waals surface area contributed by atoms with Gasteiger partial charge in [-0.15, -0.1) is 0 Å². The van der Waals surface area contributed by atoms with Gasteiger partial charge in [0.15, 0.2) is 0 Å². The minimum atomic E-state index is -1.02. The van der Waals surface area contributed by atoms with E-state index >= 15 is 0 Å². The first-order valence-corrected chi connectivity index (χ1v) is 8.53. The number of hydrogen-bond donors (Lipinski definition) is 2. The lowest BCUT2D eigenvalue weighted by Crippen LogP contribution is -2.41. The van der Waals surface area contributed by atoms with Crippen molar-refractivity contribution in [1.29, 1.82) is 0 Å². The zero-order valence-electron chi connectivity index (χ0n) is 13.5. The normalized spacial score (nSPS) is 26.6. The van der Waals surface area contributed by atoms with E-state index in [4.69, 9.17) is 0 Å². The largest absolute Gasteiger partial charge is 0.391 e. The Morgan fingerprint density at radius 2 is 1.96 bits per heavy atom. The topological polar surface area (TPSA) is 60.8 Å². The SMILES string of the molecule is O=C(CC1(O)CCCCC1)N1CC(O)CC1c1cc(F)ccc1F. The molecule has 3 rings (SSSR count). The average Bonchev–Trinajstić information content (AvgIpc) is 2.92. The van der Waals surface area contributed by atoms with Crippen LogP contribution in [-0.4, -0.2) is 39.3 Å². The lowest BCUT2D eigenvalue weighted by Gasteiger charge is -2.34. The number of aliphatic hydroxyl groups is 2. The second kappa shape index (κ2) is 6.76. The molecule has 1 aromatic rings. The van der Waals surface area contributed by atoms with Crippen molar-refractivity contribution in [2.75, 3.05) is 6.54 Å². The van der Waals surface area contributed by atoms with E-state index < -0.39 is 29.4 Å². The van der Waals surface area contributed by atoms with Gasteiger partial charge >= 0.3 is 0 Å². The van der Waals surface area contributed by atoms with Gasteiger partial charge in [-0.05, 0) is 37.5 Å². The van der Waals surface area contributed by atoms with Crippen LogP contribution in [0.4, 0.5) is 8.78 Å². The first-order valence-electron chi connectivity index (χ1n) is 8.53. The van der Waals surface area contributed by atoms with E-state index in [9.17, 15) is 23.8 Å².